The highest BCUT2D eigenvalue weighted by molar-refractivity contribution is 7.59. The molecular formula is C9H15O5P. The lowest BCUT2D eigenvalue weighted by atomic mass is 10.4. The van der Waals surface area contributed by atoms with Crippen LogP contribution in [-0.4, -0.2) is 27.3 Å². The maximum absolute atomic E-state index is 11.9. The van der Waals surface area contributed by atoms with E-state index in [0.29, 0.717) is 5.57 Å². The minimum absolute atomic E-state index is 0.227. The fourth-order valence-electron chi connectivity index (χ4n) is 0.822. The van der Waals surface area contributed by atoms with Gasteiger partial charge in [-0.05, 0) is 19.4 Å². The zero-order chi connectivity index (χ0) is 12.1. The fraction of sp³-hybridized carbons (Fsp3) is 0.556. The van der Waals surface area contributed by atoms with E-state index in [1.807, 2.05) is 0 Å². The van der Waals surface area contributed by atoms with Gasteiger partial charge in [0.25, 0.3) is 0 Å². The van der Waals surface area contributed by atoms with Crippen LogP contribution in [0.2, 0.25) is 0 Å². The fourth-order valence-corrected chi connectivity index (χ4v) is 2.01. The highest BCUT2D eigenvalue weighted by Gasteiger charge is 2.34. The predicted molar refractivity (Wildman–Crippen MR) is 55.5 cm³/mol. The Balaban J connectivity index is 5.62. The summed E-state index contributed by atoms with van der Waals surface area (Å²) in [7, 11) is -0.0338. The van der Waals surface area contributed by atoms with Gasteiger partial charge in [-0.3, -0.25) is 4.57 Å². The molecular weight excluding hydrogens is 219 g/mol. The lowest BCUT2D eigenvalue weighted by molar-refractivity contribution is -0.135. The van der Waals surface area contributed by atoms with Crippen LogP contribution in [0.3, 0.4) is 0 Å². The minimum Gasteiger partial charge on any atom is -0.465 e. The van der Waals surface area contributed by atoms with Gasteiger partial charge in [0.1, 0.15) is 0 Å². The molecule has 0 aliphatic heterocycles. The smallest absolute Gasteiger partial charge is 0.375 e. The van der Waals surface area contributed by atoms with Gasteiger partial charge >= 0.3 is 13.6 Å². The second-order valence-electron chi connectivity index (χ2n) is 2.83. The number of rotatable bonds is 4. The first-order valence-corrected chi connectivity index (χ1v) is 5.70. The number of hydrogen-bond donors (Lipinski definition) is 0. The molecule has 0 heterocycles. The van der Waals surface area contributed by atoms with Gasteiger partial charge in [-0.2, -0.15) is 0 Å². The van der Waals surface area contributed by atoms with Crippen molar-refractivity contribution in [3.05, 3.63) is 16.6 Å². The molecule has 0 rings (SSSR count). The molecule has 0 fully saturated rings. The first-order valence-electron chi connectivity index (χ1n) is 4.15. The standard InChI is InChI=1S/C9H15O5P/c1-7(2)6-8(9(10)12-3)15(11,13-4)14-5/h1-5H3. The van der Waals surface area contributed by atoms with Gasteiger partial charge in [-0.25, -0.2) is 4.79 Å². The van der Waals surface area contributed by atoms with Crippen LogP contribution in [0.4, 0.5) is 0 Å². The third kappa shape index (κ3) is 3.65. The van der Waals surface area contributed by atoms with Gasteiger partial charge in [0.2, 0.25) is 0 Å². The van der Waals surface area contributed by atoms with Crippen molar-refractivity contribution in [1.82, 2.24) is 0 Å². The van der Waals surface area contributed by atoms with E-state index in [2.05, 4.69) is 10.5 Å². The van der Waals surface area contributed by atoms with Crippen LogP contribution < -0.4 is 0 Å². The van der Waals surface area contributed by atoms with Crippen molar-refractivity contribution < 1.29 is 23.1 Å². The van der Waals surface area contributed by atoms with Crippen LogP contribution in [0.25, 0.3) is 0 Å². The van der Waals surface area contributed by atoms with Crippen molar-refractivity contribution in [3.63, 3.8) is 0 Å². The maximum Gasteiger partial charge on any atom is 0.375 e. The van der Waals surface area contributed by atoms with Crippen molar-refractivity contribution >= 4 is 13.6 Å². The second kappa shape index (κ2) is 5.89. The van der Waals surface area contributed by atoms with Crippen molar-refractivity contribution in [2.24, 2.45) is 0 Å². The zero-order valence-electron chi connectivity index (χ0n) is 9.49. The molecule has 0 bridgehead atoms. The van der Waals surface area contributed by atoms with Gasteiger partial charge < -0.3 is 13.8 Å². The Bertz CT molecular complexity index is 340. The molecule has 0 aromatic carbocycles. The highest BCUT2D eigenvalue weighted by atomic mass is 31.2. The number of carbonyl (C=O) groups is 1. The van der Waals surface area contributed by atoms with Crippen LogP contribution in [0.15, 0.2) is 16.6 Å². The lowest BCUT2D eigenvalue weighted by Gasteiger charge is -2.13. The summed E-state index contributed by atoms with van der Waals surface area (Å²) in [5, 5.41) is -0.227. The van der Waals surface area contributed by atoms with E-state index < -0.39 is 13.6 Å². The molecule has 0 aromatic rings. The van der Waals surface area contributed by atoms with Crippen molar-refractivity contribution in [3.8, 4) is 0 Å². The first-order chi connectivity index (χ1) is 6.91. The molecule has 6 heteroatoms. The Morgan fingerprint density at radius 3 is 1.87 bits per heavy atom. The first kappa shape index (κ1) is 14.1. The molecule has 15 heavy (non-hydrogen) atoms. The number of ether oxygens (including phenoxy) is 1. The van der Waals surface area contributed by atoms with Crippen LogP contribution >= 0.6 is 7.60 Å². The van der Waals surface area contributed by atoms with Crippen molar-refractivity contribution in [2.45, 2.75) is 13.8 Å². The molecule has 0 unspecified atom stereocenters. The maximum atomic E-state index is 11.9. The largest absolute Gasteiger partial charge is 0.465 e. The molecule has 0 amide bonds. The van der Waals surface area contributed by atoms with Crippen LogP contribution in [0.5, 0.6) is 0 Å². The Morgan fingerprint density at radius 2 is 1.60 bits per heavy atom. The number of hydrogen-bond acceptors (Lipinski definition) is 5. The van der Waals surface area contributed by atoms with E-state index in [0.717, 1.165) is 0 Å². The summed E-state index contributed by atoms with van der Waals surface area (Å²) in [4.78, 5) is 11.3. The Labute approximate surface area is 89.2 Å². The minimum atomic E-state index is -3.61. The van der Waals surface area contributed by atoms with E-state index >= 15 is 0 Å². The quantitative estimate of drug-likeness (QED) is 0.322. The van der Waals surface area contributed by atoms with Crippen molar-refractivity contribution in [1.29, 1.82) is 0 Å². The highest BCUT2D eigenvalue weighted by Crippen LogP contribution is 2.54. The summed E-state index contributed by atoms with van der Waals surface area (Å²) in [6.45, 7) is 3.41. The SMILES string of the molecule is COC(=O)C(=C=C(C)C)P(=O)(OC)OC. The lowest BCUT2D eigenvalue weighted by Crippen LogP contribution is -2.07. The summed E-state index contributed by atoms with van der Waals surface area (Å²) in [6.07, 6.45) is 0. The molecule has 0 N–H and O–H groups in total. The van der Waals surface area contributed by atoms with Gasteiger partial charge in [0, 0.05) is 14.2 Å². The van der Waals surface area contributed by atoms with Crippen LogP contribution in [-0.2, 0) is 23.1 Å². The molecule has 0 aliphatic rings. The molecule has 0 aromatic heterocycles. The van der Waals surface area contributed by atoms with E-state index in [4.69, 9.17) is 9.05 Å². The monoisotopic (exact) mass is 234 g/mol. The van der Waals surface area contributed by atoms with E-state index in [1.54, 1.807) is 13.8 Å². The van der Waals surface area contributed by atoms with Crippen LogP contribution in [0, 0.1) is 0 Å². The number of methoxy groups -OCH3 is 1. The molecule has 0 saturated heterocycles. The molecule has 0 radical (unpaired) electrons. The molecule has 86 valence electrons. The normalized spacial score (nSPS) is 10.5. The summed E-state index contributed by atoms with van der Waals surface area (Å²) in [5.74, 6) is -0.775. The van der Waals surface area contributed by atoms with E-state index in [-0.39, 0.29) is 5.31 Å². The predicted octanol–water partition coefficient (Wildman–Crippen LogP) is 2.09. The number of carbonyl (C=O) groups excluding carboxylic acids is 1. The summed E-state index contributed by atoms with van der Waals surface area (Å²) in [6, 6.07) is 0. The zero-order valence-corrected chi connectivity index (χ0v) is 10.4. The molecule has 0 aliphatic carbocycles. The Hall–Kier alpha value is -0.860. The average molecular weight is 234 g/mol. The van der Waals surface area contributed by atoms with Gasteiger partial charge in [-0.1, -0.05) is 5.73 Å². The second-order valence-corrected chi connectivity index (χ2v) is 5.00. The van der Waals surface area contributed by atoms with E-state index in [9.17, 15) is 9.36 Å². The topological polar surface area (TPSA) is 61.8 Å². The molecule has 5 nitrogen and oxygen atoms in total. The molecule has 0 atom stereocenters. The Morgan fingerprint density at radius 1 is 1.13 bits per heavy atom. The molecule has 0 spiro atoms. The Kier molecular flexibility index (Phi) is 5.55. The summed E-state index contributed by atoms with van der Waals surface area (Å²) in [5.41, 5.74) is 3.29. The third-order valence-electron chi connectivity index (χ3n) is 1.50. The molecule has 0 saturated carbocycles. The van der Waals surface area contributed by atoms with Gasteiger partial charge in [-0.15, -0.1) is 0 Å². The van der Waals surface area contributed by atoms with Gasteiger partial charge in [0.15, 0.2) is 5.31 Å². The van der Waals surface area contributed by atoms with Gasteiger partial charge in [0.05, 0.1) is 7.11 Å². The number of esters is 1. The summed E-state index contributed by atoms with van der Waals surface area (Å²) < 4.78 is 25.8. The summed E-state index contributed by atoms with van der Waals surface area (Å²) >= 11 is 0. The van der Waals surface area contributed by atoms with Crippen LogP contribution in [0.1, 0.15) is 13.8 Å². The van der Waals surface area contributed by atoms with E-state index in [1.165, 1.54) is 21.3 Å². The van der Waals surface area contributed by atoms with Crippen molar-refractivity contribution in [2.75, 3.05) is 21.3 Å². The average Bonchev–Trinajstić information content (AvgIpc) is 2.23. The third-order valence-corrected chi connectivity index (χ3v) is 3.31.